The molecular formula is C23H37N2O2Y+. The van der Waals surface area contributed by atoms with Gasteiger partial charge in [-0.3, -0.25) is 9.59 Å². The molecule has 1 saturated heterocycles. The van der Waals surface area contributed by atoms with Gasteiger partial charge in [-0.1, -0.05) is 31.5 Å². The van der Waals surface area contributed by atoms with Crippen molar-refractivity contribution in [1.29, 1.82) is 0 Å². The predicted molar refractivity (Wildman–Crippen MR) is 111 cm³/mol. The molecule has 5 heteroatoms. The molecule has 1 aromatic rings. The third kappa shape index (κ3) is 7.04. The van der Waals surface area contributed by atoms with Crippen LogP contribution < -0.4 is 5.32 Å². The summed E-state index contributed by atoms with van der Waals surface area (Å²) in [6.45, 7) is 12.5. The number of hydrogen-bond donors (Lipinski definition) is 1. The second-order valence-electron chi connectivity index (χ2n) is 8.29. The minimum atomic E-state index is 0. The Labute approximate surface area is 196 Å². The van der Waals surface area contributed by atoms with Gasteiger partial charge in [0.2, 0.25) is 5.91 Å². The number of benzene rings is 1. The molecule has 0 aromatic heterocycles. The van der Waals surface area contributed by atoms with Crippen LogP contribution in [0.15, 0.2) is 18.2 Å². The van der Waals surface area contributed by atoms with Crippen molar-refractivity contribution in [3.8, 4) is 0 Å². The molecule has 1 heterocycles. The average Bonchev–Trinajstić information content (AvgIpc) is 2.65. The number of Topliss-reactive ketones (excluding diaryl/α,β-unsaturated/α-hetero) is 1. The first kappa shape index (κ1) is 25.5. The van der Waals surface area contributed by atoms with Crippen LogP contribution in [0.25, 0.3) is 0 Å². The summed E-state index contributed by atoms with van der Waals surface area (Å²) in [4.78, 5) is 25.5. The number of piperidine rings is 1. The third-order valence-electron chi connectivity index (χ3n) is 6.19. The normalized spacial score (nSPS) is 21.6. The second kappa shape index (κ2) is 12.2. The van der Waals surface area contributed by atoms with E-state index in [-0.39, 0.29) is 44.5 Å². The minimum Gasteiger partial charge on any atom is -0.356 e. The van der Waals surface area contributed by atoms with Gasteiger partial charge in [-0.25, -0.2) is 0 Å². The van der Waals surface area contributed by atoms with Crippen LogP contribution in [0.4, 0.5) is 0 Å². The van der Waals surface area contributed by atoms with E-state index >= 15 is 0 Å². The van der Waals surface area contributed by atoms with Crippen molar-refractivity contribution >= 4 is 11.7 Å². The molecule has 0 aliphatic carbocycles. The zero-order valence-electron chi connectivity index (χ0n) is 18.2. The summed E-state index contributed by atoms with van der Waals surface area (Å²) in [5.41, 5.74) is 3.55. The first-order valence-electron chi connectivity index (χ1n) is 10.6. The first-order valence-corrected chi connectivity index (χ1v) is 10.6. The van der Waals surface area contributed by atoms with Crippen molar-refractivity contribution < 1.29 is 46.8 Å². The van der Waals surface area contributed by atoms with Crippen LogP contribution in [0.3, 0.4) is 0 Å². The van der Waals surface area contributed by atoms with Crippen molar-refractivity contribution in [2.24, 2.45) is 5.92 Å². The molecule has 1 N–H and O–H groups in total. The van der Waals surface area contributed by atoms with Gasteiger partial charge in [0.1, 0.15) is 6.54 Å². The maximum atomic E-state index is 12.9. The first-order chi connectivity index (χ1) is 12.9. The van der Waals surface area contributed by atoms with Gasteiger partial charge in [-0.2, -0.15) is 0 Å². The standard InChI is InChI=1S/C23H36N2O2.Y/c1-5-7-13-24-23(27)20-12-9-14-25(6-2,16-20)17-21(26)15-22-18(3)10-8-11-19(22)4;/h8,10-11,20H,5-7,9,12-17H2,1-4H3;/p+1. The molecule has 2 rings (SSSR count). The molecule has 4 nitrogen and oxygen atoms in total. The van der Waals surface area contributed by atoms with Crippen LogP contribution in [0, 0.1) is 19.8 Å². The molecule has 2 atom stereocenters. The van der Waals surface area contributed by atoms with E-state index in [1.54, 1.807) is 0 Å². The predicted octanol–water partition coefficient (Wildman–Crippen LogP) is 3.58. The maximum absolute atomic E-state index is 12.9. The Hall–Kier alpha value is -0.576. The molecule has 1 fully saturated rings. The number of hydrogen-bond acceptors (Lipinski definition) is 2. The van der Waals surface area contributed by atoms with Gasteiger partial charge in [0.15, 0.2) is 5.78 Å². The number of aryl methyl sites for hydroxylation is 2. The van der Waals surface area contributed by atoms with Gasteiger partial charge < -0.3 is 9.80 Å². The molecule has 1 amide bonds. The topological polar surface area (TPSA) is 46.2 Å². The van der Waals surface area contributed by atoms with E-state index in [2.05, 4.69) is 45.1 Å². The Morgan fingerprint density at radius 3 is 2.46 bits per heavy atom. The molecule has 1 radical (unpaired) electrons. The van der Waals surface area contributed by atoms with Gasteiger partial charge in [0.05, 0.1) is 25.6 Å². The monoisotopic (exact) mass is 462 g/mol. The number of carbonyl (C=O) groups is 2. The Kier molecular flexibility index (Phi) is 11.1. The van der Waals surface area contributed by atoms with E-state index in [9.17, 15) is 9.59 Å². The Bertz CT molecular complexity index is 642. The largest absolute Gasteiger partial charge is 0.356 e. The second-order valence-corrected chi connectivity index (χ2v) is 8.29. The fourth-order valence-corrected chi connectivity index (χ4v) is 4.37. The van der Waals surface area contributed by atoms with Crippen molar-refractivity contribution in [3.63, 3.8) is 0 Å². The van der Waals surface area contributed by atoms with Crippen LogP contribution >= 0.6 is 0 Å². The number of amides is 1. The molecule has 1 aliphatic heterocycles. The summed E-state index contributed by atoms with van der Waals surface area (Å²) in [5, 5.41) is 3.09. The summed E-state index contributed by atoms with van der Waals surface area (Å²) < 4.78 is 0.760. The van der Waals surface area contributed by atoms with Gasteiger partial charge in [0, 0.05) is 45.7 Å². The van der Waals surface area contributed by atoms with E-state index in [1.165, 1.54) is 16.7 Å². The molecular weight excluding hydrogens is 425 g/mol. The number of carbonyl (C=O) groups excluding carboxylic acids is 2. The smallest absolute Gasteiger partial charge is 0.228 e. The van der Waals surface area contributed by atoms with E-state index < -0.39 is 0 Å². The molecule has 153 valence electrons. The number of likely N-dealkylation sites (N-methyl/N-ethyl adjacent to an activating group) is 1. The summed E-state index contributed by atoms with van der Waals surface area (Å²) in [6.07, 6.45) is 4.60. The summed E-state index contributed by atoms with van der Waals surface area (Å²) in [5.74, 6) is 0.520. The van der Waals surface area contributed by atoms with Gasteiger partial charge in [-0.05, 0) is 56.7 Å². The fourth-order valence-electron chi connectivity index (χ4n) is 4.37. The number of rotatable bonds is 9. The Balaban J connectivity index is 0.00000392. The van der Waals surface area contributed by atoms with Crippen LogP contribution in [0.5, 0.6) is 0 Å². The number of nitrogens with one attached hydrogen (secondary N) is 1. The van der Waals surface area contributed by atoms with E-state index in [1.807, 2.05) is 6.07 Å². The Morgan fingerprint density at radius 1 is 1.18 bits per heavy atom. The Morgan fingerprint density at radius 2 is 1.86 bits per heavy atom. The van der Waals surface area contributed by atoms with E-state index in [4.69, 9.17) is 0 Å². The van der Waals surface area contributed by atoms with Gasteiger partial charge >= 0.3 is 0 Å². The van der Waals surface area contributed by atoms with E-state index in [0.717, 1.165) is 56.3 Å². The van der Waals surface area contributed by atoms with Crippen molar-refractivity contribution in [2.45, 2.75) is 59.8 Å². The summed E-state index contributed by atoms with van der Waals surface area (Å²) in [7, 11) is 0. The van der Waals surface area contributed by atoms with Crippen LogP contribution in [0.1, 0.15) is 56.2 Å². The average molecular weight is 462 g/mol. The fraction of sp³-hybridized carbons (Fsp3) is 0.652. The molecule has 1 aromatic carbocycles. The minimum absolute atomic E-state index is 0. The van der Waals surface area contributed by atoms with Crippen LogP contribution in [-0.4, -0.2) is 48.9 Å². The van der Waals surface area contributed by atoms with Crippen LogP contribution in [0.2, 0.25) is 0 Å². The zero-order chi connectivity index (χ0) is 19.9. The molecule has 0 spiro atoms. The SMILES string of the molecule is CCCCNC(=O)C1CCC[N+](CC)(CC(=O)Cc2c(C)cccc2C)C1.[Y]. The van der Waals surface area contributed by atoms with E-state index in [0.29, 0.717) is 18.7 Å². The zero-order valence-corrected chi connectivity index (χ0v) is 21.1. The quantitative estimate of drug-likeness (QED) is 0.451. The number of unbranched alkanes of at least 4 members (excludes halogenated alkanes) is 1. The molecule has 0 bridgehead atoms. The van der Waals surface area contributed by atoms with Gasteiger partial charge in [0.25, 0.3) is 0 Å². The van der Waals surface area contributed by atoms with Crippen molar-refractivity contribution in [1.82, 2.24) is 5.32 Å². The molecule has 28 heavy (non-hydrogen) atoms. The van der Waals surface area contributed by atoms with Crippen molar-refractivity contribution in [2.75, 3.05) is 32.7 Å². The van der Waals surface area contributed by atoms with Crippen molar-refractivity contribution in [3.05, 3.63) is 34.9 Å². The number of nitrogens with zero attached hydrogens (tertiary/aromatic N) is 1. The molecule has 1 aliphatic rings. The van der Waals surface area contributed by atoms with Crippen LogP contribution in [-0.2, 0) is 48.7 Å². The third-order valence-corrected chi connectivity index (χ3v) is 6.19. The summed E-state index contributed by atoms with van der Waals surface area (Å²) >= 11 is 0. The molecule has 2 unspecified atom stereocenters. The maximum Gasteiger partial charge on any atom is 0.228 e. The number of quaternary nitrogens is 1. The number of likely N-dealkylation sites (tertiary alicyclic amines) is 1. The summed E-state index contributed by atoms with van der Waals surface area (Å²) in [6, 6.07) is 6.21. The number of ketones is 1. The molecule has 0 saturated carbocycles. The van der Waals surface area contributed by atoms with Gasteiger partial charge in [-0.15, -0.1) is 0 Å².